The molecular formula is C16H14Cl3N2. The van der Waals surface area contributed by atoms with E-state index in [1.807, 2.05) is 30.3 Å². The van der Waals surface area contributed by atoms with Crippen LogP contribution in [-0.4, -0.2) is 26.2 Å². The van der Waals surface area contributed by atoms with E-state index in [2.05, 4.69) is 21.9 Å². The maximum atomic E-state index is 6.27. The number of hydrogen-bond donors (Lipinski definition) is 0. The summed E-state index contributed by atoms with van der Waals surface area (Å²) in [5.41, 5.74) is 2.06. The first-order valence-electron chi connectivity index (χ1n) is 6.77. The lowest BCUT2D eigenvalue weighted by Crippen LogP contribution is -2.46. The zero-order chi connectivity index (χ0) is 14.8. The molecule has 0 spiro atoms. The summed E-state index contributed by atoms with van der Waals surface area (Å²) in [6, 6.07) is 14.6. The minimum atomic E-state index is 0.475. The zero-order valence-electron chi connectivity index (χ0n) is 11.3. The molecule has 2 aromatic rings. The summed E-state index contributed by atoms with van der Waals surface area (Å²) in [7, 11) is 0. The number of benzene rings is 2. The fraction of sp³-hybridized carbons (Fsp3) is 0.250. The van der Waals surface area contributed by atoms with Crippen LogP contribution in [0.4, 0.5) is 11.4 Å². The molecular weight excluding hydrogens is 327 g/mol. The van der Waals surface area contributed by atoms with Gasteiger partial charge in [-0.25, -0.2) is 0 Å². The standard InChI is InChI=1S/C16H14Cl3N2/c17-12-4-1-2-6-14(12)20-8-10-21(11-9-20)15-7-3-5-13(18)16(15)19/h1-4,6-7H,8-11H2. The van der Waals surface area contributed by atoms with Gasteiger partial charge < -0.3 is 9.80 Å². The molecule has 21 heavy (non-hydrogen) atoms. The van der Waals surface area contributed by atoms with E-state index < -0.39 is 0 Å². The van der Waals surface area contributed by atoms with Crippen molar-refractivity contribution in [2.45, 2.75) is 0 Å². The van der Waals surface area contributed by atoms with Gasteiger partial charge in [0.1, 0.15) is 0 Å². The molecule has 1 fully saturated rings. The monoisotopic (exact) mass is 339 g/mol. The van der Waals surface area contributed by atoms with Crippen molar-refractivity contribution in [1.29, 1.82) is 0 Å². The maximum absolute atomic E-state index is 6.27. The van der Waals surface area contributed by atoms with Gasteiger partial charge >= 0.3 is 0 Å². The first kappa shape index (κ1) is 14.8. The van der Waals surface area contributed by atoms with Crippen molar-refractivity contribution in [3.63, 3.8) is 0 Å². The summed E-state index contributed by atoms with van der Waals surface area (Å²) >= 11 is 18.6. The van der Waals surface area contributed by atoms with Crippen LogP contribution >= 0.6 is 34.8 Å². The van der Waals surface area contributed by atoms with E-state index >= 15 is 0 Å². The molecule has 2 aromatic carbocycles. The van der Waals surface area contributed by atoms with Crippen LogP contribution in [0.15, 0.2) is 36.4 Å². The third-order valence-corrected chi connectivity index (χ3v) is 4.78. The molecule has 1 aliphatic heterocycles. The fourth-order valence-corrected chi connectivity index (χ4v) is 3.24. The Labute approximate surface area is 139 Å². The third-order valence-electron chi connectivity index (χ3n) is 3.68. The van der Waals surface area contributed by atoms with E-state index in [4.69, 9.17) is 34.8 Å². The van der Waals surface area contributed by atoms with Crippen molar-refractivity contribution in [3.8, 4) is 0 Å². The average molecular weight is 341 g/mol. The number of para-hydroxylation sites is 1. The maximum Gasteiger partial charge on any atom is 0.0832 e. The summed E-state index contributed by atoms with van der Waals surface area (Å²) in [5, 5.41) is 1.84. The van der Waals surface area contributed by atoms with Gasteiger partial charge in [0.25, 0.3) is 0 Å². The highest BCUT2D eigenvalue weighted by molar-refractivity contribution is 6.43. The van der Waals surface area contributed by atoms with Gasteiger partial charge in [-0.2, -0.15) is 0 Å². The van der Waals surface area contributed by atoms with Crippen LogP contribution in [0.5, 0.6) is 0 Å². The van der Waals surface area contributed by atoms with Gasteiger partial charge in [-0.3, -0.25) is 0 Å². The Balaban J connectivity index is 1.74. The molecule has 1 aliphatic rings. The number of nitrogens with zero attached hydrogens (tertiary/aromatic N) is 2. The molecule has 0 unspecified atom stereocenters. The van der Waals surface area contributed by atoms with Crippen molar-refractivity contribution in [2.24, 2.45) is 0 Å². The topological polar surface area (TPSA) is 6.48 Å². The van der Waals surface area contributed by atoms with Crippen molar-refractivity contribution in [3.05, 3.63) is 57.5 Å². The Bertz CT molecular complexity index is 637. The van der Waals surface area contributed by atoms with Crippen LogP contribution in [0.3, 0.4) is 0 Å². The van der Waals surface area contributed by atoms with Crippen LogP contribution in [0, 0.1) is 6.07 Å². The minimum absolute atomic E-state index is 0.475. The predicted molar refractivity (Wildman–Crippen MR) is 91.2 cm³/mol. The zero-order valence-corrected chi connectivity index (χ0v) is 13.6. The third kappa shape index (κ3) is 3.08. The van der Waals surface area contributed by atoms with E-state index in [9.17, 15) is 0 Å². The van der Waals surface area contributed by atoms with E-state index in [-0.39, 0.29) is 0 Å². The molecule has 5 heteroatoms. The second-order valence-corrected chi connectivity index (χ2v) is 6.08. The molecule has 0 aliphatic carbocycles. The van der Waals surface area contributed by atoms with Gasteiger partial charge in [0.05, 0.1) is 26.4 Å². The average Bonchev–Trinajstić information content (AvgIpc) is 2.51. The van der Waals surface area contributed by atoms with Crippen molar-refractivity contribution in [1.82, 2.24) is 0 Å². The van der Waals surface area contributed by atoms with Gasteiger partial charge in [-0.1, -0.05) is 53.0 Å². The van der Waals surface area contributed by atoms with Gasteiger partial charge in [-0.15, -0.1) is 0 Å². The molecule has 1 radical (unpaired) electrons. The van der Waals surface area contributed by atoms with Crippen LogP contribution in [0.1, 0.15) is 0 Å². The lowest BCUT2D eigenvalue weighted by molar-refractivity contribution is 0.654. The largest absolute Gasteiger partial charge is 0.367 e. The predicted octanol–water partition coefficient (Wildman–Crippen LogP) is 4.77. The first-order chi connectivity index (χ1) is 10.2. The van der Waals surface area contributed by atoms with Gasteiger partial charge in [0.2, 0.25) is 0 Å². The summed E-state index contributed by atoms with van der Waals surface area (Å²) in [4.78, 5) is 4.54. The molecule has 0 amide bonds. The van der Waals surface area contributed by atoms with Crippen LogP contribution in [-0.2, 0) is 0 Å². The Kier molecular flexibility index (Phi) is 4.48. The minimum Gasteiger partial charge on any atom is -0.367 e. The fourth-order valence-electron chi connectivity index (χ4n) is 2.58. The molecule has 0 atom stereocenters. The SMILES string of the molecule is Clc1[c]ccc(N2CCN(c3ccccc3Cl)CC2)c1Cl. The molecule has 3 rings (SSSR count). The van der Waals surface area contributed by atoms with E-state index in [0.29, 0.717) is 10.0 Å². The molecule has 0 N–H and O–H groups in total. The van der Waals surface area contributed by atoms with Crippen molar-refractivity contribution in [2.75, 3.05) is 36.0 Å². The van der Waals surface area contributed by atoms with Gasteiger partial charge in [-0.05, 0) is 18.2 Å². The van der Waals surface area contributed by atoms with Crippen molar-refractivity contribution < 1.29 is 0 Å². The van der Waals surface area contributed by atoms with Crippen LogP contribution < -0.4 is 9.80 Å². The molecule has 1 saturated heterocycles. The first-order valence-corrected chi connectivity index (χ1v) is 7.90. The highest BCUT2D eigenvalue weighted by Crippen LogP contribution is 2.33. The number of halogens is 3. The molecule has 2 nitrogen and oxygen atoms in total. The lowest BCUT2D eigenvalue weighted by atomic mass is 10.2. The molecule has 109 valence electrons. The van der Waals surface area contributed by atoms with Gasteiger partial charge in [0.15, 0.2) is 0 Å². The lowest BCUT2D eigenvalue weighted by Gasteiger charge is -2.38. The molecule has 0 aromatic heterocycles. The smallest absolute Gasteiger partial charge is 0.0832 e. The van der Waals surface area contributed by atoms with E-state index in [0.717, 1.165) is 42.6 Å². The quantitative estimate of drug-likeness (QED) is 0.776. The molecule has 1 heterocycles. The second-order valence-electron chi connectivity index (χ2n) is 4.92. The number of anilines is 2. The summed E-state index contributed by atoms with van der Waals surface area (Å²) in [6.07, 6.45) is 0. The Hall–Kier alpha value is -1.09. The number of hydrogen-bond acceptors (Lipinski definition) is 2. The Morgan fingerprint density at radius 2 is 1.43 bits per heavy atom. The van der Waals surface area contributed by atoms with Crippen molar-refractivity contribution >= 4 is 46.2 Å². The highest BCUT2D eigenvalue weighted by Gasteiger charge is 2.21. The van der Waals surface area contributed by atoms with Crippen LogP contribution in [0.25, 0.3) is 0 Å². The number of rotatable bonds is 2. The number of piperazine rings is 1. The molecule has 0 saturated carbocycles. The Morgan fingerprint density at radius 3 is 2.10 bits per heavy atom. The second kappa shape index (κ2) is 6.35. The summed E-state index contributed by atoms with van der Waals surface area (Å²) < 4.78 is 0. The highest BCUT2D eigenvalue weighted by atomic mass is 35.5. The normalized spacial score (nSPS) is 15.4. The Morgan fingerprint density at radius 1 is 0.810 bits per heavy atom. The summed E-state index contributed by atoms with van der Waals surface area (Å²) in [6.45, 7) is 3.56. The molecule has 0 bridgehead atoms. The van der Waals surface area contributed by atoms with E-state index in [1.165, 1.54) is 0 Å². The van der Waals surface area contributed by atoms with Crippen LogP contribution in [0.2, 0.25) is 15.1 Å². The van der Waals surface area contributed by atoms with Gasteiger partial charge in [0, 0.05) is 32.2 Å². The summed E-state index contributed by atoms with van der Waals surface area (Å²) in [5.74, 6) is 0. The van der Waals surface area contributed by atoms with E-state index in [1.54, 1.807) is 0 Å².